The Balaban J connectivity index is 2.40. The Kier molecular flexibility index (Phi) is 2.59. The molecule has 2 N–H and O–H groups in total. The maximum atomic E-state index is 11.5. The summed E-state index contributed by atoms with van der Waals surface area (Å²) < 4.78 is 0. The van der Waals surface area contributed by atoms with Crippen LogP contribution in [0.1, 0.15) is 26.7 Å². The van der Waals surface area contributed by atoms with Crippen molar-refractivity contribution >= 4 is 11.8 Å². The van der Waals surface area contributed by atoms with Gasteiger partial charge in [0.2, 0.25) is 11.8 Å². The molecule has 4 nitrogen and oxygen atoms in total. The lowest BCUT2D eigenvalue weighted by atomic mass is 10.1. The second-order valence-corrected chi connectivity index (χ2v) is 3.87. The molecule has 0 spiro atoms. The minimum absolute atomic E-state index is 0.0106. The van der Waals surface area contributed by atoms with Gasteiger partial charge in [-0.15, -0.1) is 0 Å². The first kappa shape index (κ1) is 10.0. The molecule has 1 rings (SSSR count). The van der Waals surface area contributed by atoms with Crippen molar-refractivity contribution in [2.75, 3.05) is 7.05 Å². The van der Waals surface area contributed by atoms with Crippen molar-refractivity contribution in [2.45, 2.75) is 32.7 Å². The summed E-state index contributed by atoms with van der Waals surface area (Å²) in [6.07, 6.45) is 1.86. The molecule has 1 atom stereocenters. The van der Waals surface area contributed by atoms with E-state index < -0.39 is 6.04 Å². The number of hydrogen-bond acceptors (Lipinski definition) is 2. The van der Waals surface area contributed by atoms with Gasteiger partial charge in [0.25, 0.3) is 0 Å². The highest BCUT2D eigenvalue weighted by Gasteiger charge is 2.45. The van der Waals surface area contributed by atoms with Crippen LogP contribution in [-0.4, -0.2) is 24.9 Å². The van der Waals surface area contributed by atoms with Crippen molar-refractivity contribution in [1.82, 2.24) is 10.6 Å². The van der Waals surface area contributed by atoms with Crippen molar-refractivity contribution in [3.63, 3.8) is 0 Å². The van der Waals surface area contributed by atoms with Crippen molar-refractivity contribution < 1.29 is 9.59 Å². The third-order valence-corrected chi connectivity index (χ3v) is 2.54. The summed E-state index contributed by atoms with van der Waals surface area (Å²) in [5.74, 6) is -0.166. The highest BCUT2D eigenvalue weighted by Crippen LogP contribution is 2.45. The Morgan fingerprint density at radius 3 is 2.31 bits per heavy atom. The smallest absolute Gasteiger partial charge is 0.242 e. The van der Waals surface area contributed by atoms with E-state index in [0.29, 0.717) is 0 Å². The molecule has 0 bridgehead atoms. The van der Waals surface area contributed by atoms with Crippen LogP contribution in [0, 0.1) is 5.41 Å². The molecule has 0 aliphatic heterocycles. The first-order chi connectivity index (χ1) is 5.99. The SMILES string of the molecule is CNC(=O)[C@@H](C)NC(=O)C1(C)CC1. The maximum Gasteiger partial charge on any atom is 0.242 e. The van der Waals surface area contributed by atoms with Crippen molar-refractivity contribution in [3.8, 4) is 0 Å². The van der Waals surface area contributed by atoms with Gasteiger partial charge in [-0.2, -0.15) is 0 Å². The first-order valence-electron chi connectivity index (χ1n) is 4.52. The normalized spacial score (nSPS) is 20.2. The van der Waals surface area contributed by atoms with Gasteiger partial charge < -0.3 is 10.6 Å². The third-order valence-electron chi connectivity index (χ3n) is 2.54. The van der Waals surface area contributed by atoms with Crippen LogP contribution < -0.4 is 10.6 Å². The highest BCUT2D eigenvalue weighted by atomic mass is 16.2. The maximum absolute atomic E-state index is 11.5. The molecule has 0 aromatic rings. The van der Waals surface area contributed by atoms with E-state index in [4.69, 9.17) is 0 Å². The molecule has 0 saturated heterocycles. The zero-order valence-corrected chi connectivity index (χ0v) is 8.31. The van der Waals surface area contributed by atoms with Gasteiger partial charge in [-0.25, -0.2) is 0 Å². The first-order valence-corrected chi connectivity index (χ1v) is 4.52. The predicted octanol–water partition coefficient (Wildman–Crippen LogP) is 0.0372. The van der Waals surface area contributed by atoms with Gasteiger partial charge in [0, 0.05) is 12.5 Å². The summed E-state index contributed by atoms with van der Waals surface area (Å²) in [4.78, 5) is 22.5. The van der Waals surface area contributed by atoms with E-state index in [-0.39, 0.29) is 17.2 Å². The zero-order chi connectivity index (χ0) is 10.1. The Morgan fingerprint density at radius 2 is 1.92 bits per heavy atom. The number of rotatable bonds is 3. The minimum atomic E-state index is -0.435. The van der Waals surface area contributed by atoms with Gasteiger partial charge in [-0.3, -0.25) is 9.59 Å². The molecule has 4 heteroatoms. The molecular formula is C9H16N2O2. The molecule has 1 aliphatic carbocycles. The van der Waals surface area contributed by atoms with Crippen LogP contribution in [0.5, 0.6) is 0 Å². The molecule has 13 heavy (non-hydrogen) atoms. The summed E-state index contributed by atoms with van der Waals surface area (Å²) >= 11 is 0. The molecule has 0 radical (unpaired) electrons. The standard InChI is InChI=1S/C9H16N2O2/c1-6(7(12)10-3)11-8(13)9(2)4-5-9/h6H,4-5H2,1-3H3,(H,10,12)(H,11,13)/t6-/m1/s1. The average molecular weight is 184 g/mol. The Hall–Kier alpha value is -1.06. The van der Waals surface area contributed by atoms with E-state index in [2.05, 4.69) is 10.6 Å². The molecule has 1 aliphatic rings. The van der Waals surface area contributed by atoms with Crippen LogP contribution in [0.2, 0.25) is 0 Å². The minimum Gasteiger partial charge on any atom is -0.357 e. The topological polar surface area (TPSA) is 58.2 Å². The van der Waals surface area contributed by atoms with Crippen LogP contribution in [0.15, 0.2) is 0 Å². The van der Waals surface area contributed by atoms with Crippen LogP contribution in [0.4, 0.5) is 0 Å². The number of nitrogens with one attached hydrogen (secondary N) is 2. The van der Waals surface area contributed by atoms with Gasteiger partial charge in [0.1, 0.15) is 6.04 Å². The Labute approximate surface area is 78.1 Å². The molecule has 0 aromatic carbocycles. The molecule has 1 saturated carbocycles. The molecule has 0 aromatic heterocycles. The lowest BCUT2D eigenvalue weighted by Crippen LogP contribution is -2.45. The van der Waals surface area contributed by atoms with Crippen LogP contribution in [-0.2, 0) is 9.59 Å². The van der Waals surface area contributed by atoms with E-state index in [1.807, 2.05) is 6.92 Å². The Morgan fingerprint density at radius 1 is 1.38 bits per heavy atom. The van der Waals surface area contributed by atoms with Gasteiger partial charge >= 0.3 is 0 Å². The van der Waals surface area contributed by atoms with Crippen molar-refractivity contribution in [1.29, 1.82) is 0 Å². The molecule has 74 valence electrons. The number of amides is 2. The lowest BCUT2D eigenvalue weighted by molar-refractivity contribution is -0.131. The number of carbonyl (C=O) groups excluding carboxylic acids is 2. The lowest BCUT2D eigenvalue weighted by Gasteiger charge is -2.15. The van der Waals surface area contributed by atoms with Crippen molar-refractivity contribution in [2.24, 2.45) is 5.41 Å². The van der Waals surface area contributed by atoms with Gasteiger partial charge in [0.15, 0.2) is 0 Å². The number of carbonyl (C=O) groups is 2. The van der Waals surface area contributed by atoms with Crippen LogP contribution in [0.3, 0.4) is 0 Å². The largest absolute Gasteiger partial charge is 0.357 e. The molecule has 1 fully saturated rings. The third kappa shape index (κ3) is 2.20. The molecular weight excluding hydrogens is 168 g/mol. The van der Waals surface area contributed by atoms with Gasteiger partial charge in [-0.1, -0.05) is 6.92 Å². The van der Waals surface area contributed by atoms with Gasteiger partial charge in [0.05, 0.1) is 0 Å². The summed E-state index contributed by atoms with van der Waals surface area (Å²) in [6, 6.07) is -0.435. The second kappa shape index (κ2) is 3.36. The molecule has 0 heterocycles. The Bertz CT molecular complexity index is 234. The number of hydrogen-bond donors (Lipinski definition) is 2. The summed E-state index contributed by atoms with van der Waals surface area (Å²) in [7, 11) is 1.56. The van der Waals surface area contributed by atoms with E-state index in [9.17, 15) is 9.59 Å². The molecule has 0 unspecified atom stereocenters. The predicted molar refractivity (Wildman–Crippen MR) is 49.0 cm³/mol. The summed E-state index contributed by atoms with van der Waals surface area (Å²) in [5, 5.41) is 5.17. The fourth-order valence-electron chi connectivity index (χ4n) is 1.07. The fourth-order valence-corrected chi connectivity index (χ4v) is 1.07. The summed E-state index contributed by atoms with van der Waals surface area (Å²) in [6.45, 7) is 3.60. The van der Waals surface area contributed by atoms with Gasteiger partial charge in [-0.05, 0) is 19.8 Å². The fraction of sp³-hybridized carbons (Fsp3) is 0.778. The number of likely N-dealkylation sites (N-methyl/N-ethyl adjacent to an activating group) is 1. The highest BCUT2D eigenvalue weighted by molar-refractivity contribution is 5.90. The van der Waals surface area contributed by atoms with E-state index in [0.717, 1.165) is 12.8 Å². The zero-order valence-electron chi connectivity index (χ0n) is 8.31. The monoisotopic (exact) mass is 184 g/mol. The summed E-state index contributed by atoms with van der Waals surface area (Å²) in [5.41, 5.74) is -0.206. The van der Waals surface area contributed by atoms with E-state index in [1.165, 1.54) is 0 Å². The molecule has 2 amide bonds. The van der Waals surface area contributed by atoms with E-state index >= 15 is 0 Å². The average Bonchev–Trinajstić information content (AvgIpc) is 2.83. The second-order valence-electron chi connectivity index (χ2n) is 3.87. The van der Waals surface area contributed by atoms with Crippen LogP contribution in [0.25, 0.3) is 0 Å². The van der Waals surface area contributed by atoms with E-state index in [1.54, 1.807) is 14.0 Å². The quantitative estimate of drug-likeness (QED) is 0.650. The van der Waals surface area contributed by atoms with Crippen LogP contribution >= 0.6 is 0 Å². The van der Waals surface area contributed by atoms with Crippen molar-refractivity contribution in [3.05, 3.63) is 0 Å².